The van der Waals surface area contributed by atoms with Crippen LogP contribution in [0.25, 0.3) is 0 Å². The number of nitrogens with two attached hydrogens (primary N) is 1. The van der Waals surface area contributed by atoms with Crippen molar-refractivity contribution in [1.29, 1.82) is 0 Å². The van der Waals surface area contributed by atoms with Crippen molar-refractivity contribution >= 4 is 5.97 Å². The van der Waals surface area contributed by atoms with Gasteiger partial charge in [0.25, 0.3) is 5.82 Å². The Morgan fingerprint density at radius 1 is 1.50 bits per heavy atom. The molecule has 0 fully saturated rings. The van der Waals surface area contributed by atoms with Gasteiger partial charge in [0.2, 0.25) is 0 Å². The fourth-order valence-corrected chi connectivity index (χ4v) is 1.77. The van der Waals surface area contributed by atoms with Crippen LogP contribution < -0.4 is 5.73 Å². The molecule has 0 bridgehead atoms. The standard InChI is InChI=1S/C12H22N4O2/c1-5-18-11(17)10-14-9(15-16-10)8(7-13)6-12(2,3)4/h8H,5-7,13H2,1-4H3,(H,14,15,16). The summed E-state index contributed by atoms with van der Waals surface area (Å²) in [5, 5.41) is 6.64. The first-order valence-corrected chi connectivity index (χ1v) is 6.17. The van der Waals surface area contributed by atoms with E-state index in [1.165, 1.54) is 0 Å². The highest BCUT2D eigenvalue weighted by Gasteiger charge is 2.23. The van der Waals surface area contributed by atoms with Crippen molar-refractivity contribution in [3.05, 3.63) is 11.6 Å². The molecule has 1 unspecified atom stereocenters. The number of hydrogen-bond donors (Lipinski definition) is 2. The Morgan fingerprint density at radius 2 is 2.17 bits per heavy atom. The number of ether oxygens (including phenoxy) is 1. The summed E-state index contributed by atoms with van der Waals surface area (Å²) in [6, 6.07) is 0. The van der Waals surface area contributed by atoms with E-state index in [0.717, 1.165) is 6.42 Å². The summed E-state index contributed by atoms with van der Waals surface area (Å²) in [7, 11) is 0. The zero-order valence-corrected chi connectivity index (χ0v) is 11.5. The Bertz CT molecular complexity index is 395. The van der Waals surface area contributed by atoms with E-state index < -0.39 is 5.97 Å². The SMILES string of the molecule is CCOC(=O)c1n[nH]c(C(CN)CC(C)(C)C)n1. The minimum absolute atomic E-state index is 0.0687. The number of rotatable bonds is 5. The molecule has 6 heteroatoms. The lowest BCUT2D eigenvalue weighted by atomic mass is 9.84. The number of H-pyrrole nitrogens is 1. The number of aromatic nitrogens is 3. The molecule has 0 aliphatic rings. The van der Waals surface area contributed by atoms with Gasteiger partial charge in [0.15, 0.2) is 0 Å². The summed E-state index contributed by atoms with van der Waals surface area (Å²) >= 11 is 0. The summed E-state index contributed by atoms with van der Waals surface area (Å²) in [6.07, 6.45) is 0.876. The molecule has 0 amide bonds. The average molecular weight is 254 g/mol. The van der Waals surface area contributed by atoms with Gasteiger partial charge in [-0.05, 0) is 18.8 Å². The van der Waals surface area contributed by atoms with Gasteiger partial charge in [0.1, 0.15) is 5.82 Å². The van der Waals surface area contributed by atoms with Gasteiger partial charge in [0.05, 0.1) is 6.61 Å². The molecule has 1 aromatic rings. The lowest BCUT2D eigenvalue weighted by Gasteiger charge is -2.23. The van der Waals surface area contributed by atoms with Crippen LogP contribution in [0.2, 0.25) is 0 Å². The number of esters is 1. The number of carbonyl (C=O) groups excluding carboxylic acids is 1. The maximum absolute atomic E-state index is 11.5. The summed E-state index contributed by atoms with van der Waals surface area (Å²) in [5.41, 5.74) is 5.89. The number of carbonyl (C=O) groups is 1. The first-order valence-electron chi connectivity index (χ1n) is 6.17. The molecule has 0 aliphatic carbocycles. The molecule has 1 aromatic heterocycles. The van der Waals surface area contributed by atoms with E-state index in [4.69, 9.17) is 10.5 Å². The van der Waals surface area contributed by atoms with E-state index in [1.807, 2.05) is 0 Å². The second-order valence-corrected chi connectivity index (χ2v) is 5.46. The van der Waals surface area contributed by atoms with Crippen LogP contribution in [-0.4, -0.2) is 34.3 Å². The molecule has 1 atom stereocenters. The third kappa shape index (κ3) is 4.10. The number of hydrogen-bond acceptors (Lipinski definition) is 5. The largest absolute Gasteiger partial charge is 0.460 e. The lowest BCUT2D eigenvalue weighted by molar-refractivity contribution is 0.0512. The minimum Gasteiger partial charge on any atom is -0.460 e. The predicted octanol–water partition coefficient (Wildman–Crippen LogP) is 1.46. The van der Waals surface area contributed by atoms with E-state index in [1.54, 1.807) is 6.92 Å². The topological polar surface area (TPSA) is 93.9 Å². The van der Waals surface area contributed by atoms with Crippen LogP contribution in [0.1, 0.15) is 56.5 Å². The molecular formula is C12H22N4O2. The molecule has 0 spiro atoms. The molecule has 0 aromatic carbocycles. The third-order valence-corrected chi connectivity index (χ3v) is 2.49. The van der Waals surface area contributed by atoms with Crippen molar-refractivity contribution in [3.63, 3.8) is 0 Å². The fourth-order valence-electron chi connectivity index (χ4n) is 1.77. The van der Waals surface area contributed by atoms with Gasteiger partial charge in [-0.15, -0.1) is 5.10 Å². The molecule has 0 saturated heterocycles. The highest BCUT2D eigenvalue weighted by molar-refractivity contribution is 5.84. The first kappa shape index (κ1) is 14.6. The Balaban J connectivity index is 2.79. The lowest BCUT2D eigenvalue weighted by Crippen LogP contribution is -2.20. The van der Waals surface area contributed by atoms with Gasteiger partial charge in [0, 0.05) is 12.5 Å². The molecule has 0 saturated carbocycles. The summed E-state index contributed by atoms with van der Waals surface area (Å²) in [6.45, 7) is 8.93. The van der Waals surface area contributed by atoms with E-state index in [0.29, 0.717) is 19.0 Å². The second kappa shape index (κ2) is 5.95. The van der Waals surface area contributed by atoms with E-state index >= 15 is 0 Å². The van der Waals surface area contributed by atoms with Crippen molar-refractivity contribution in [2.45, 2.75) is 40.0 Å². The highest BCUT2D eigenvalue weighted by Crippen LogP contribution is 2.28. The molecular weight excluding hydrogens is 232 g/mol. The smallest absolute Gasteiger partial charge is 0.378 e. The minimum atomic E-state index is -0.508. The zero-order chi connectivity index (χ0) is 13.8. The molecule has 6 nitrogen and oxygen atoms in total. The molecule has 1 heterocycles. The third-order valence-electron chi connectivity index (χ3n) is 2.49. The Kier molecular flexibility index (Phi) is 4.84. The van der Waals surface area contributed by atoms with E-state index in [2.05, 4.69) is 36.0 Å². The molecule has 1 rings (SSSR count). The van der Waals surface area contributed by atoms with Crippen molar-refractivity contribution < 1.29 is 9.53 Å². The number of aromatic amines is 1. The molecule has 0 aliphatic heterocycles. The van der Waals surface area contributed by atoms with E-state index in [-0.39, 0.29) is 17.2 Å². The van der Waals surface area contributed by atoms with Gasteiger partial charge >= 0.3 is 5.97 Å². The van der Waals surface area contributed by atoms with Crippen LogP contribution in [-0.2, 0) is 4.74 Å². The van der Waals surface area contributed by atoms with Crippen LogP contribution in [0.3, 0.4) is 0 Å². The first-order chi connectivity index (χ1) is 8.37. The van der Waals surface area contributed by atoms with Crippen LogP contribution in [0.5, 0.6) is 0 Å². The molecule has 18 heavy (non-hydrogen) atoms. The van der Waals surface area contributed by atoms with Crippen molar-refractivity contribution in [1.82, 2.24) is 15.2 Å². The predicted molar refractivity (Wildman–Crippen MR) is 68.2 cm³/mol. The summed E-state index contributed by atoms with van der Waals surface area (Å²) in [5.74, 6) is 0.280. The Morgan fingerprint density at radius 3 is 2.67 bits per heavy atom. The van der Waals surface area contributed by atoms with Crippen molar-refractivity contribution in [2.75, 3.05) is 13.2 Å². The normalized spacial score (nSPS) is 13.4. The molecule has 3 N–H and O–H groups in total. The van der Waals surface area contributed by atoms with Gasteiger partial charge in [-0.3, -0.25) is 5.10 Å². The van der Waals surface area contributed by atoms with Crippen LogP contribution >= 0.6 is 0 Å². The summed E-state index contributed by atoms with van der Waals surface area (Å²) in [4.78, 5) is 15.6. The van der Waals surface area contributed by atoms with Gasteiger partial charge in [-0.25, -0.2) is 9.78 Å². The average Bonchev–Trinajstić information content (AvgIpc) is 2.74. The van der Waals surface area contributed by atoms with Gasteiger partial charge < -0.3 is 10.5 Å². The van der Waals surface area contributed by atoms with Gasteiger partial charge in [-0.2, -0.15) is 0 Å². The fraction of sp³-hybridized carbons (Fsp3) is 0.750. The molecule has 102 valence electrons. The van der Waals surface area contributed by atoms with E-state index in [9.17, 15) is 4.79 Å². The van der Waals surface area contributed by atoms with Crippen LogP contribution in [0, 0.1) is 5.41 Å². The quantitative estimate of drug-likeness (QED) is 0.776. The van der Waals surface area contributed by atoms with Crippen LogP contribution in [0.4, 0.5) is 0 Å². The van der Waals surface area contributed by atoms with Crippen molar-refractivity contribution in [2.24, 2.45) is 11.1 Å². The van der Waals surface area contributed by atoms with Crippen LogP contribution in [0.15, 0.2) is 0 Å². The summed E-state index contributed by atoms with van der Waals surface area (Å²) < 4.78 is 4.84. The monoisotopic (exact) mass is 254 g/mol. The number of nitrogens with zero attached hydrogens (tertiary/aromatic N) is 2. The Labute approximate surface area is 107 Å². The second-order valence-electron chi connectivity index (χ2n) is 5.46. The van der Waals surface area contributed by atoms with Gasteiger partial charge in [-0.1, -0.05) is 20.8 Å². The Hall–Kier alpha value is -1.43. The zero-order valence-electron chi connectivity index (χ0n) is 11.5. The highest BCUT2D eigenvalue weighted by atomic mass is 16.5. The van der Waals surface area contributed by atoms with Crippen molar-refractivity contribution in [3.8, 4) is 0 Å². The molecule has 0 radical (unpaired) electrons. The number of nitrogens with one attached hydrogen (secondary N) is 1. The maximum atomic E-state index is 11.5. The maximum Gasteiger partial charge on any atom is 0.378 e.